The lowest BCUT2D eigenvalue weighted by Crippen LogP contribution is -2.25. The minimum atomic E-state index is -1.22. The molecule has 0 bridgehead atoms. The topological polar surface area (TPSA) is 87.0 Å². The highest BCUT2D eigenvalue weighted by atomic mass is 16.5. The number of aromatic nitrogens is 1. The summed E-state index contributed by atoms with van der Waals surface area (Å²) in [7, 11) is 1.66. The third-order valence-corrected chi connectivity index (χ3v) is 5.42. The van der Waals surface area contributed by atoms with E-state index in [1.54, 1.807) is 7.11 Å². The van der Waals surface area contributed by atoms with Crippen molar-refractivity contribution < 1.29 is 24.1 Å². The Kier molecular flexibility index (Phi) is 6.82. The lowest BCUT2D eigenvalue weighted by molar-refractivity contribution is 0.0694. The molecule has 0 unspecified atom stereocenters. The fraction of sp³-hybridized carbons (Fsp3) is 0.478. The maximum Gasteiger partial charge on any atom is 0.341 e. The van der Waals surface area contributed by atoms with Gasteiger partial charge >= 0.3 is 5.97 Å². The Morgan fingerprint density at radius 1 is 1.30 bits per heavy atom. The zero-order valence-electron chi connectivity index (χ0n) is 17.9. The van der Waals surface area contributed by atoms with Gasteiger partial charge in [-0.1, -0.05) is 20.8 Å². The molecular formula is C23H29NO6. The Morgan fingerprint density at radius 3 is 2.70 bits per heavy atom. The number of aryl methyl sites for hydroxylation is 1. The highest BCUT2D eigenvalue weighted by Crippen LogP contribution is 2.40. The smallest absolute Gasteiger partial charge is 0.341 e. The first-order valence-corrected chi connectivity index (χ1v) is 10.3. The van der Waals surface area contributed by atoms with Gasteiger partial charge < -0.3 is 23.9 Å². The van der Waals surface area contributed by atoms with E-state index in [2.05, 4.69) is 0 Å². The molecule has 0 saturated carbocycles. The normalized spacial score (nSPS) is 15.2. The van der Waals surface area contributed by atoms with Crippen molar-refractivity contribution >= 4 is 5.97 Å². The van der Waals surface area contributed by atoms with Crippen LogP contribution in [0.25, 0.3) is 11.3 Å². The second kappa shape index (κ2) is 9.34. The number of pyridine rings is 1. The summed E-state index contributed by atoms with van der Waals surface area (Å²) in [5, 5.41) is 9.43. The number of ether oxygens (including phenoxy) is 3. The SMILES string of the molecule is CCc1cc2c(cc1OCCCOC)OC[C@@H](C(C)C)n1cc(C(=O)O)c(=O)cc1-2. The zero-order valence-corrected chi connectivity index (χ0v) is 17.9. The fourth-order valence-electron chi connectivity index (χ4n) is 3.69. The number of carbonyl (C=O) groups is 1. The lowest BCUT2D eigenvalue weighted by Gasteiger charge is -2.24. The predicted octanol–water partition coefficient (Wildman–Crippen LogP) is 3.78. The minimum absolute atomic E-state index is 0.109. The van der Waals surface area contributed by atoms with Crippen LogP contribution in [0.2, 0.25) is 0 Å². The molecule has 3 rings (SSSR count). The Morgan fingerprint density at radius 2 is 2.07 bits per heavy atom. The van der Waals surface area contributed by atoms with E-state index in [-0.39, 0.29) is 17.5 Å². The summed E-state index contributed by atoms with van der Waals surface area (Å²) in [6, 6.07) is 5.16. The second-order valence-corrected chi connectivity index (χ2v) is 7.78. The molecule has 0 fully saturated rings. The summed E-state index contributed by atoms with van der Waals surface area (Å²) in [6.07, 6.45) is 2.98. The Labute approximate surface area is 176 Å². The van der Waals surface area contributed by atoms with Crippen molar-refractivity contribution in [3.8, 4) is 22.8 Å². The number of aromatic carboxylic acids is 1. The minimum Gasteiger partial charge on any atom is -0.493 e. The van der Waals surface area contributed by atoms with Gasteiger partial charge in [0.25, 0.3) is 0 Å². The van der Waals surface area contributed by atoms with E-state index in [0.717, 1.165) is 29.7 Å². The number of hydrogen-bond donors (Lipinski definition) is 1. The van der Waals surface area contributed by atoms with E-state index >= 15 is 0 Å². The third-order valence-electron chi connectivity index (χ3n) is 5.42. The molecule has 1 aliphatic heterocycles. The number of rotatable bonds is 8. The van der Waals surface area contributed by atoms with Crippen LogP contribution in [0, 0.1) is 5.92 Å². The molecule has 1 aliphatic rings. The molecule has 1 N–H and O–H groups in total. The summed E-state index contributed by atoms with van der Waals surface area (Å²) in [4.78, 5) is 24.0. The maximum absolute atomic E-state index is 12.5. The van der Waals surface area contributed by atoms with Crippen LogP contribution in [0.3, 0.4) is 0 Å². The van der Waals surface area contributed by atoms with Crippen molar-refractivity contribution in [1.82, 2.24) is 4.57 Å². The Hall–Kier alpha value is -2.80. The molecule has 0 spiro atoms. The molecule has 30 heavy (non-hydrogen) atoms. The first-order valence-electron chi connectivity index (χ1n) is 10.3. The highest BCUT2D eigenvalue weighted by molar-refractivity contribution is 5.87. The summed E-state index contributed by atoms with van der Waals surface area (Å²) < 4.78 is 19.1. The average molecular weight is 415 g/mol. The van der Waals surface area contributed by atoms with Gasteiger partial charge in [0.1, 0.15) is 23.7 Å². The van der Waals surface area contributed by atoms with Gasteiger partial charge in [0, 0.05) is 44.0 Å². The Bertz CT molecular complexity index is 978. The number of carboxylic acid groups (broad SMARTS) is 1. The molecule has 0 aliphatic carbocycles. The number of nitrogens with zero attached hydrogens (tertiary/aromatic N) is 1. The number of methoxy groups -OCH3 is 1. The van der Waals surface area contributed by atoms with Crippen molar-refractivity contribution in [2.24, 2.45) is 5.92 Å². The van der Waals surface area contributed by atoms with Gasteiger partial charge in [-0.25, -0.2) is 4.79 Å². The van der Waals surface area contributed by atoms with Crippen molar-refractivity contribution in [1.29, 1.82) is 0 Å². The number of carboxylic acids is 1. The van der Waals surface area contributed by atoms with Gasteiger partial charge in [0.15, 0.2) is 5.43 Å². The molecule has 1 aromatic heterocycles. The van der Waals surface area contributed by atoms with E-state index in [1.807, 2.05) is 37.5 Å². The summed E-state index contributed by atoms with van der Waals surface area (Å²) in [6.45, 7) is 7.67. The highest BCUT2D eigenvalue weighted by Gasteiger charge is 2.27. The van der Waals surface area contributed by atoms with Gasteiger partial charge in [-0.2, -0.15) is 0 Å². The number of hydrogen-bond acceptors (Lipinski definition) is 5. The van der Waals surface area contributed by atoms with Gasteiger partial charge in [0.05, 0.1) is 18.3 Å². The fourth-order valence-corrected chi connectivity index (χ4v) is 3.69. The van der Waals surface area contributed by atoms with Crippen LogP contribution in [-0.2, 0) is 11.2 Å². The molecule has 7 nitrogen and oxygen atoms in total. The van der Waals surface area contributed by atoms with E-state index in [1.165, 1.54) is 12.3 Å². The van der Waals surface area contributed by atoms with Gasteiger partial charge in [-0.15, -0.1) is 0 Å². The van der Waals surface area contributed by atoms with Crippen molar-refractivity contribution in [2.75, 3.05) is 26.9 Å². The van der Waals surface area contributed by atoms with Crippen molar-refractivity contribution in [3.63, 3.8) is 0 Å². The van der Waals surface area contributed by atoms with E-state index in [9.17, 15) is 14.7 Å². The van der Waals surface area contributed by atoms with Crippen LogP contribution >= 0.6 is 0 Å². The molecule has 0 saturated heterocycles. The predicted molar refractivity (Wildman–Crippen MR) is 114 cm³/mol. The molecular weight excluding hydrogens is 386 g/mol. The van der Waals surface area contributed by atoms with Crippen LogP contribution in [0.15, 0.2) is 29.2 Å². The van der Waals surface area contributed by atoms with E-state index < -0.39 is 11.4 Å². The molecule has 2 heterocycles. The lowest BCUT2D eigenvalue weighted by atomic mass is 10.0. The van der Waals surface area contributed by atoms with E-state index in [0.29, 0.717) is 31.3 Å². The standard InChI is InChI=1S/C23H29NO6/c1-5-15-9-16-18-10-20(25)17(23(26)27)12-24(18)19(14(2)3)13-30-22(16)11-21(15)29-8-6-7-28-4/h9-12,14,19H,5-8,13H2,1-4H3,(H,26,27)/t19-/m0/s1. The van der Waals surface area contributed by atoms with Gasteiger partial charge in [0.2, 0.25) is 0 Å². The number of fused-ring (bicyclic) bond motifs is 3. The summed E-state index contributed by atoms with van der Waals surface area (Å²) >= 11 is 0. The first kappa shape index (κ1) is 21.9. The zero-order chi connectivity index (χ0) is 21.8. The van der Waals surface area contributed by atoms with Crippen LogP contribution in [-0.4, -0.2) is 42.6 Å². The summed E-state index contributed by atoms with van der Waals surface area (Å²) in [5.41, 5.74) is 1.69. The number of benzene rings is 1. The van der Waals surface area contributed by atoms with Crippen LogP contribution in [0.1, 0.15) is 49.2 Å². The largest absolute Gasteiger partial charge is 0.493 e. The summed E-state index contributed by atoms with van der Waals surface area (Å²) in [5.74, 6) is 0.342. The monoisotopic (exact) mass is 415 g/mol. The average Bonchev–Trinajstić information content (AvgIpc) is 2.86. The second-order valence-electron chi connectivity index (χ2n) is 7.78. The maximum atomic E-state index is 12.5. The molecule has 7 heteroatoms. The van der Waals surface area contributed by atoms with Crippen molar-refractivity contribution in [3.05, 3.63) is 45.7 Å². The van der Waals surface area contributed by atoms with Crippen LogP contribution in [0.5, 0.6) is 11.5 Å². The van der Waals surface area contributed by atoms with Gasteiger partial charge in [-0.05, 0) is 24.0 Å². The van der Waals surface area contributed by atoms with Gasteiger partial charge in [-0.3, -0.25) is 4.79 Å². The molecule has 2 aromatic rings. The quantitative estimate of drug-likeness (QED) is 0.660. The van der Waals surface area contributed by atoms with Crippen molar-refractivity contribution in [2.45, 2.75) is 39.7 Å². The molecule has 0 radical (unpaired) electrons. The third kappa shape index (κ3) is 4.36. The molecule has 1 atom stereocenters. The first-order chi connectivity index (χ1) is 14.4. The Balaban J connectivity index is 2.13. The molecule has 162 valence electrons. The van der Waals surface area contributed by atoms with E-state index in [4.69, 9.17) is 14.2 Å². The molecule has 0 amide bonds. The van der Waals surface area contributed by atoms with Crippen LogP contribution in [0.4, 0.5) is 0 Å². The molecule has 1 aromatic carbocycles. The van der Waals surface area contributed by atoms with Crippen LogP contribution < -0.4 is 14.9 Å².